The quantitative estimate of drug-likeness (QED) is 0.312. The van der Waals surface area contributed by atoms with Gasteiger partial charge in [0, 0.05) is 25.3 Å². The summed E-state index contributed by atoms with van der Waals surface area (Å²) in [5.41, 5.74) is 4.10. The molecule has 4 aromatic rings. The number of carbonyl (C=O) groups excluding carboxylic acids is 1. The maximum absolute atomic E-state index is 13.6. The maximum Gasteiger partial charge on any atom is 0.262 e. The fourth-order valence-electron chi connectivity index (χ4n) is 4.13. The number of hydrogen-bond donors (Lipinski definition) is 1. The van der Waals surface area contributed by atoms with Gasteiger partial charge in [-0.05, 0) is 72.4 Å². The zero-order valence-corrected chi connectivity index (χ0v) is 24.6. The number of carbonyl (C=O) groups is 1. The largest absolute Gasteiger partial charge is 0.476 e. The van der Waals surface area contributed by atoms with Crippen LogP contribution < -0.4 is 15.5 Å². The van der Waals surface area contributed by atoms with E-state index in [-0.39, 0.29) is 27.2 Å². The van der Waals surface area contributed by atoms with Crippen molar-refractivity contribution >= 4 is 32.6 Å². The summed E-state index contributed by atoms with van der Waals surface area (Å²) in [6, 6.07) is 17.1. The number of benzene rings is 3. The molecule has 0 aliphatic carbocycles. The lowest BCUT2D eigenvalue weighted by atomic mass is 9.86. The van der Waals surface area contributed by atoms with Gasteiger partial charge in [-0.25, -0.2) is 12.7 Å². The third kappa shape index (κ3) is 5.95. The Bertz CT molecular complexity index is 1730. The minimum Gasteiger partial charge on any atom is -0.476 e. The first-order valence-electron chi connectivity index (χ1n) is 12.8. The van der Waals surface area contributed by atoms with E-state index in [1.165, 1.54) is 38.4 Å². The van der Waals surface area contributed by atoms with Crippen LogP contribution >= 0.6 is 0 Å². The van der Waals surface area contributed by atoms with Crippen LogP contribution in [0.3, 0.4) is 0 Å². The summed E-state index contributed by atoms with van der Waals surface area (Å²) < 4.78 is 37.7. The summed E-state index contributed by atoms with van der Waals surface area (Å²) in [7, 11) is -0.697. The van der Waals surface area contributed by atoms with Crippen LogP contribution in [-0.2, 0) is 20.2 Å². The van der Waals surface area contributed by atoms with E-state index in [4.69, 9.17) is 9.15 Å². The van der Waals surface area contributed by atoms with E-state index in [1.807, 2.05) is 44.2 Å². The summed E-state index contributed by atoms with van der Waals surface area (Å²) in [5.74, 6) is -0.328. The Labute approximate surface area is 234 Å². The maximum atomic E-state index is 13.6. The minimum atomic E-state index is -3.59. The number of fused-ring (bicyclic) bond motifs is 1. The van der Waals surface area contributed by atoms with E-state index >= 15 is 0 Å². The topological polar surface area (TPSA) is 106 Å². The van der Waals surface area contributed by atoms with Gasteiger partial charge in [0.2, 0.25) is 21.2 Å². The number of sulfonamides is 1. The molecule has 0 unspecified atom stereocenters. The average molecular weight is 563 g/mol. The van der Waals surface area contributed by atoms with Crippen LogP contribution in [-0.4, -0.2) is 39.3 Å². The molecule has 0 saturated heterocycles. The van der Waals surface area contributed by atoms with Gasteiger partial charge in [0.05, 0.1) is 10.3 Å². The molecule has 1 amide bonds. The number of nitrogens with zero attached hydrogens (tertiary/aromatic N) is 1. The van der Waals surface area contributed by atoms with Crippen LogP contribution in [0.4, 0.5) is 5.69 Å². The predicted molar refractivity (Wildman–Crippen MR) is 158 cm³/mol. The number of amides is 1. The molecule has 40 heavy (non-hydrogen) atoms. The van der Waals surface area contributed by atoms with E-state index in [0.717, 1.165) is 21.0 Å². The lowest BCUT2D eigenvalue weighted by Crippen LogP contribution is -2.23. The normalized spacial score (nSPS) is 12.1. The molecular formula is C31H34N2O6S. The second-order valence-electron chi connectivity index (χ2n) is 11.0. The molecule has 0 saturated carbocycles. The second-order valence-corrected chi connectivity index (χ2v) is 13.1. The van der Waals surface area contributed by atoms with Crippen molar-refractivity contribution in [2.24, 2.45) is 0 Å². The molecule has 1 N–H and O–H groups in total. The highest BCUT2D eigenvalue weighted by Gasteiger charge is 2.21. The molecule has 9 heteroatoms. The Hall–Kier alpha value is -3.95. The van der Waals surface area contributed by atoms with Crippen molar-refractivity contribution in [3.8, 4) is 17.1 Å². The molecule has 1 heterocycles. The van der Waals surface area contributed by atoms with Crippen molar-refractivity contribution in [2.75, 3.05) is 26.0 Å². The molecule has 0 bridgehead atoms. The lowest BCUT2D eigenvalue weighted by Gasteiger charge is -2.19. The predicted octanol–water partition coefficient (Wildman–Crippen LogP) is 5.64. The lowest BCUT2D eigenvalue weighted by molar-refractivity contribution is -0.118. The summed E-state index contributed by atoms with van der Waals surface area (Å²) in [5, 5.41) is 3.04. The van der Waals surface area contributed by atoms with Gasteiger partial charge in [-0.1, -0.05) is 45.0 Å². The molecule has 0 spiro atoms. The molecule has 0 radical (unpaired) electrons. The van der Waals surface area contributed by atoms with Gasteiger partial charge in [0.1, 0.15) is 5.58 Å². The minimum absolute atomic E-state index is 0.0519. The number of nitrogens with one attached hydrogen (secondary N) is 1. The molecule has 0 aliphatic heterocycles. The summed E-state index contributed by atoms with van der Waals surface area (Å²) >= 11 is 0. The van der Waals surface area contributed by atoms with E-state index < -0.39 is 22.5 Å². The SMILES string of the molecule is Cc1cc2oc(-c3ccc(C(C)(C)C)cc3)c(OCC(=O)Nc3ccc(S(=O)(=O)N(C)C)cc3)c(=O)c2cc1C. The number of anilines is 1. The summed E-state index contributed by atoms with van der Waals surface area (Å²) in [4.78, 5) is 26.5. The number of hydrogen-bond acceptors (Lipinski definition) is 6. The van der Waals surface area contributed by atoms with Crippen LogP contribution in [0.25, 0.3) is 22.3 Å². The fraction of sp³-hybridized carbons (Fsp3) is 0.290. The Kier molecular flexibility index (Phi) is 7.92. The Morgan fingerprint density at radius 1 is 0.950 bits per heavy atom. The van der Waals surface area contributed by atoms with Crippen molar-refractivity contribution in [1.29, 1.82) is 0 Å². The number of ether oxygens (including phenoxy) is 1. The van der Waals surface area contributed by atoms with Crippen molar-refractivity contribution in [3.05, 3.63) is 87.6 Å². The highest BCUT2D eigenvalue weighted by atomic mass is 32.2. The third-order valence-electron chi connectivity index (χ3n) is 6.74. The fourth-order valence-corrected chi connectivity index (χ4v) is 5.03. The Balaban J connectivity index is 1.65. The first kappa shape index (κ1) is 29.0. The third-order valence-corrected chi connectivity index (χ3v) is 8.57. The van der Waals surface area contributed by atoms with Gasteiger partial charge in [-0.15, -0.1) is 0 Å². The van der Waals surface area contributed by atoms with E-state index in [2.05, 4.69) is 26.1 Å². The standard InChI is InChI=1S/C31H34N2O6S/c1-19-16-25-26(17-20(19)2)39-29(21-8-10-22(11-9-21)31(3,4)5)30(28(25)35)38-18-27(34)32-23-12-14-24(15-13-23)40(36,37)33(6)7/h8-17H,18H2,1-7H3,(H,32,34). The van der Waals surface area contributed by atoms with Crippen molar-refractivity contribution in [3.63, 3.8) is 0 Å². The van der Waals surface area contributed by atoms with Gasteiger partial charge in [0.15, 0.2) is 12.4 Å². The van der Waals surface area contributed by atoms with Gasteiger partial charge < -0.3 is 14.5 Å². The number of aryl methyl sites for hydroxylation is 2. The average Bonchev–Trinajstić information content (AvgIpc) is 2.89. The molecule has 0 atom stereocenters. The van der Waals surface area contributed by atoms with Gasteiger partial charge in [0.25, 0.3) is 5.91 Å². The molecule has 0 aliphatic rings. The van der Waals surface area contributed by atoms with Gasteiger partial charge >= 0.3 is 0 Å². The second kappa shape index (κ2) is 10.9. The van der Waals surface area contributed by atoms with E-state index in [0.29, 0.717) is 22.2 Å². The zero-order chi connectivity index (χ0) is 29.4. The molecule has 210 valence electrons. The molecule has 1 aromatic heterocycles. The highest BCUT2D eigenvalue weighted by Crippen LogP contribution is 2.33. The summed E-state index contributed by atoms with van der Waals surface area (Å²) in [6.07, 6.45) is 0. The van der Waals surface area contributed by atoms with Crippen LogP contribution in [0.1, 0.15) is 37.5 Å². The monoisotopic (exact) mass is 562 g/mol. The summed E-state index contributed by atoms with van der Waals surface area (Å²) in [6.45, 7) is 9.76. The zero-order valence-electron chi connectivity index (χ0n) is 23.8. The first-order chi connectivity index (χ1) is 18.7. The van der Waals surface area contributed by atoms with Gasteiger partial charge in [-0.2, -0.15) is 0 Å². The first-order valence-corrected chi connectivity index (χ1v) is 14.3. The molecule has 3 aromatic carbocycles. The molecule has 8 nitrogen and oxygen atoms in total. The molecule has 0 fully saturated rings. The van der Waals surface area contributed by atoms with E-state index in [9.17, 15) is 18.0 Å². The van der Waals surface area contributed by atoms with Crippen LogP contribution in [0, 0.1) is 13.8 Å². The highest BCUT2D eigenvalue weighted by molar-refractivity contribution is 7.89. The van der Waals surface area contributed by atoms with Gasteiger partial charge in [-0.3, -0.25) is 9.59 Å². The Morgan fingerprint density at radius 2 is 1.55 bits per heavy atom. The Morgan fingerprint density at radius 3 is 2.12 bits per heavy atom. The van der Waals surface area contributed by atoms with Crippen molar-refractivity contribution in [1.82, 2.24) is 4.31 Å². The smallest absolute Gasteiger partial charge is 0.262 e. The molecule has 4 rings (SSSR count). The van der Waals surface area contributed by atoms with Crippen LogP contribution in [0.15, 0.2) is 74.8 Å². The van der Waals surface area contributed by atoms with E-state index in [1.54, 1.807) is 6.07 Å². The number of rotatable bonds is 7. The van der Waals surface area contributed by atoms with Crippen LogP contribution in [0.5, 0.6) is 5.75 Å². The van der Waals surface area contributed by atoms with Crippen molar-refractivity contribution < 1.29 is 22.4 Å². The van der Waals surface area contributed by atoms with Crippen molar-refractivity contribution in [2.45, 2.75) is 44.9 Å². The van der Waals surface area contributed by atoms with Crippen LogP contribution in [0.2, 0.25) is 0 Å². The molecular weight excluding hydrogens is 528 g/mol.